The molecule has 0 aliphatic carbocycles. The molecule has 0 aromatic rings. The van der Waals surface area contributed by atoms with Gasteiger partial charge in [-0.3, -0.25) is 0 Å². The Kier molecular flexibility index (Phi) is 2.39. The molecule has 64 valence electrons. The predicted molar refractivity (Wildman–Crippen MR) is 40.3 cm³/mol. The molecular formula is C8H14O3. The summed E-state index contributed by atoms with van der Waals surface area (Å²) < 4.78 is 9.69. The number of ether oxygens (including phenoxy) is 2. The first-order chi connectivity index (χ1) is 5.11. The first kappa shape index (κ1) is 8.40. The maximum atomic E-state index is 8.83. The molecule has 2 atom stereocenters. The van der Waals surface area contributed by atoms with Gasteiger partial charge in [-0.1, -0.05) is 20.8 Å². The highest BCUT2D eigenvalue weighted by atomic mass is 16.8. The maximum absolute atomic E-state index is 8.83. The lowest BCUT2D eigenvalue weighted by atomic mass is 9.97. The Balaban J connectivity index is 2.49. The van der Waals surface area contributed by atoms with E-state index in [0.29, 0.717) is 11.8 Å². The van der Waals surface area contributed by atoms with Crippen molar-refractivity contribution in [3.63, 3.8) is 0 Å². The lowest BCUT2D eigenvalue weighted by Gasteiger charge is -2.15. The lowest BCUT2D eigenvalue weighted by Crippen LogP contribution is -2.12. The largest absolute Gasteiger partial charge is 0.437 e. The lowest BCUT2D eigenvalue weighted by molar-refractivity contribution is -0.191. The van der Waals surface area contributed by atoms with Gasteiger partial charge in [-0.25, -0.2) is 0 Å². The molecule has 1 aliphatic rings. The second-order valence-corrected chi connectivity index (χ2v) is 3.11. The molecule has 11 heavy (non-hydrogen) atoms. The molecule has 0 spiro atoms. The highest BCUT2D eigenvalue weighted by Gasteiger charge is 2.23. The highest BCUT2D eigenvalue weighted by Crippen LogP contribution is 2.25. The van der Waals surface area contributed by atoms with Crippen LogP contribution >= 0.6 is 0 Å². The van der Waals surface area contributed by atoms with Crippen LogP contribution in [0.1, 0.15) is 20.8 Å². The summed E-state index contributed by atoms with van der Waals surface area (Å²) in [6.45, 7) is 5.14. The summed E-state index contributed by atoms with van der Waals surface area (Å²) in [7, 11) is 0. The zero-order chi connectivity index (χ0) is 8.43. The molecule has 2 unspecified atom stereocenters. The average molecular weight is 158 g/mol. The molecule has 0 aromatic carbocycles. The third-order valence-corrected chi connectivity index (χ3v) is 1.99. The van der Waals surface area contributed by atoms with Crippen LogP contribution in [0.25, 0.3) is 0 Å². The van der Waals surface area contributed by atoms with Crippen LogP contribution in [-0.4, -0.2) is 11.6 Å². The van der Waals surface area contributed by atoms with Gasteiger partial charge >= 0.3 is 6.48 Å². The second kappa shape index (κ2) is 3.13. The van der Waals surface area contributed by atoms with Crippen LogP contribution in [0, 0.1) is 11.8 Å². The van der Waals surface area contributed by atoms with Crippen molar-refractivity contribution in [3.05, 3.63) is 12.0 Å². The first-order valence-corrected chi connectivity index (χ1v) is 3.81. The molecule has 0 bridgehead atoms. The standard InChI is InChI=1S/C8H14O3/c1-5(2)6(3)7-4-10-8(9)11-7/h4-6,8-9H,1-3H3. The summed E-state index contributed by atoms with van der Waals surface area (Å²) in [6, 6.07) is 0. The van der Waals surface area contributed by atoms with Crippen molar-refractivity contribution in [2.45, 2.75) is 27.2 Å². The Morgan fingerprint density at radius 2 is 2.09 bits per heavy atom. The normalized spacial score (nSPS) is 25.9. The molecule has 1 aliphatic heterocycles. The second-order valence-electron chi connectivity index (χ2n) is 3.11. The van der Waals surface area contributed by atoms with Crippen LogP contribution in [0.4, 0.5) is 0 Å². The van der Waals surface area contributed by atoms with Gasteiger partial charge in [0.2, 0.25) is 0 Å². The van der Waals surface area contributed by atoms with Crippen molar-refractivity contribution in [1.29, 1.82) is 0 Å². The quantitative estimate of drug-likeness (QED) is 0.661. The fraction of sp³-hybridized carbons (Fsp3) is 0.750. The number of hydrogen-bond acceptors (Lipinski definition) is 3. The fourth-order valence-corrected chi connectivity index (χ4v) is 0.840. The van der Waals surface area contributed by atoms with Crippen molar-refractivity contribution >= 4 is 0 Å². The van der Waals surface area contributed by atoms with Crippen molar-refractivity contribution < 1.29 is 14.6 Å². The topological polar surface area (TPSA) is 38.7 Å². The van der Waals surface area contributed by atoms with Crippen LogP contribution < -0.4 is 0 Å². The van der Waals surface area contributed by atoms with E-state index >= 15 is 0 Å². The van der Waals surface area contributed by atoms with Crippen molar-refractivity contribution in [3.8, 4) is 0 Å². The SMILES string of the molecule is CC(C)C(C)C1=COC(O)O1. The number of aliphatic hydroxyl groups excluding tert-OH is 1. The van der Waals surface area contributed by atoms with Gasteiger partial charge < -0.3 is 14.6 Å². The minimum absolute atomic E-state index is 0.298. The monoisotopic (exact) mass is 158 g/mol. The van der Waals surface area contributed by atoms with Gasteiger partial charge in [0.1, 0.15) is 12.0 Å². The predicted octanol–water partition coefficient (Wildman–Crippen LogP) is 1.44. The highest BCUT2D eigenvalue weighted by molar-refractivity contribution is 4.97. The summed E-state index contributed by atoms with van der Waals surface area (Å²) in [4.78, 5) is 0. The number of hydrogen-bond donors (Lipinski definition) is 1. The van der Waals surface area contributed by atoms with Crippen molar-refractivity contribution in [2.75, 3.05) is 0 Å². The first-order valence-electron chi connectivity index (χ1n) is 3.81. The van der Waals surface area contributed by atoms with Gasteiger partial charge in [-0.15, -0.1) is 0 Å². The Morgan fingerprint density at radius 3 is 2.45 bits per heavy atom. The fourth-order valence-electron chi connectivity index (χ4n) is 0.840. The van der Waals surface area contributed by atoms with E-state index < -0.39 is 6.48 Å². The van der Waals surface area contributed by atoms with Gasteiger partial charge in [0.25, 0.3) is 0 Å². The number of rotatable bonds is 2. The van der Waals surface area contributed by atoms with E-state index in [1.165, 1.54) is 6.26 Å². The van der Waals surface area contributed by atoms with E-state index in [9.17, 15) is 0 Å². The minimum atomic E-state index is -1.09. The summed E-state index contributed by atoms with van der Waals surface area (Å²) in [5, 5.41) is 8.83. The Morgan fingerprint density at radius 1 is 1.45 bits per heavy atom. The van der Waals surface area contributed by atoms with E-state index in [4.69, 9.17) is 14.6 Å². The summed E-state index contributed by atoms with van der Waals surface area (Å²) in [5.41, 5.74) is 0. The van der Waals surface area contributed by atoms with Crippen LogP contribution in [0.3, 0.4) is 0 Å². The number of allylic oxidation sites excluding steroid dienone is 1. The summed E-state index contributed by atoms with van der Waals surface area (Å²) in [5.74, 6) is 1.52. The van der Waals surface area contributed by atoms with Crippen LogP contribution in [-0.2, 0) is 9.47 Å². The molecule has 3 nitrogen and oxygen atoms in total. The van der Waals surface area contributed by atoms with E-state index in [0.717, 1.165) is 5.76 Å². The maximum Gasteiger partial charge on any atom is 0.357 e. The average Bonchev–Trinajstić information content (AvgIpc) is 2.34. The Hall–Kier alpha value is -0.700. The molecule has 0 fully saturated rings. The molecule has 3 heteroatoms. The minimum Gasteiger partial charge on any atom is -0.437 e. The zero-order valence-electron chi connectivity index (χ0n) is 7.07. The molecule has 0 saturated heterocycles. The van der Waals surface area contributed by atoms with Gasteiger partial charge in [0.05, 0.1) is 0 Å². The molecule has 0 amide bonds. The van der Waals surface area contributed by atoms with Crippen LogP contribution in [0.2, 0.25) is 0 Å². The van der Waals surface area contributed by atoms with Gasteiger partial charge in [-0.05, 0) is 5.92 Å². The zero-order valence-corrected chi connectivity index (χ0v) is 7.07. The summed E-state index contributed by atoms with van der Waals surface area (Å²) >= 11 is 0. The van der Waals surface area contributed by atoms with E-state index in [-0.39, 0.29) is 0 Å². The number of aliphatic hydroxyl groups is 1. The van der Waals surface area contributed by atoms with Gasteiger partial charge in [-0.2, -0.15) is 0 Å². The molecular weight excluding hydrogens is 144 g/mol. The summed E-state index contributed by atoms with van der Waals surface area (Å²) in [6.07, 6.45) is 1.48. The van der Waals surface area contributed by atoms with Crippen molar-refractivity contribution in [2.24, 2.45) is 11.8 Å². The smallest absolute Gasteiger partial charge is 0.357 e. The van der Waals surface area contributed by atoms with E-state index in [2.05, 4.69) is 13.8 Å². The molecule has 0 saturated carbocycles. The molecule has 0 radical (unpaired) electrons. The van der Waals surface area contributed by atoms with E-state index in [1.54, 1.807) is 0 Å². The molecule has 1 heterocycles. The van der Waals surface area contributed by atoms with Gasteiger partial charge in [0, 0.05) is 5.92 Å². The Labute approximate surface area is 66.6 Å². The third-order valence-electron chi connectivity index (χ3n) is 1.99. The molecule has 0 aromatic heterocycles. The van der Waals surface area contributed by atoms with Crippen LogP contribution in [0.15, 0.2) is 12.0 Å². The Bertz CT molecular complexity index is 163. The van der Waals surface area contributed by atoms with Gasteiger partial charge in [0.15, 0.2) is 0 Å². The van der Waals surface area contributed by atoms with Crippen LogP contribution in [0.5, 0.6) is 0 Å². The van der Waals surface area contributed by atoms with E-state index in [1.807, 2.05) is 6.92 Å². The third kappa shape index (κ3) is 1.87. The van der Waals surface area contributed by atoms with Crippen molar-refractivity contribution in [1.82, 2.24) is 0 Å². The molecule has 1 N–H and O–H groups in total. The molecule has 1 rings (SSSR count).